The third-order valence-corrected chi connectivity index (χ3v) is 4.37. The lowest BCUT2D eigenvalue weighted by atomic mass is 10.1. The Morgan fingerprint density at radius 1 is 1.07 bits per heavy atom. The molecular formula is C22H19ClN2O5. The summed E-state index contributed by atoms with van der Waals surface area (Å²) in [5, 5.41) is 2.64. The molecule has 0 atom stereocenters. The Hall–Kier alpha value is -3.58. The molecule has 0 unspecified atom stereocenters. The number of amides is 4. The number of urea groups is 1. The van der Waals surface area contributed by atoms with Gasteiger partial charge in [0.15, 0.2) is 11.5 Å². The lowest BCUT2D eigenvalue weighted by Crippen LogP contribution is -2.54. The van der Waals surface area contributed by atoms with Crippen LogP contribution in [0.2, 0.25) is 5.02 Å². The molecule has 0 aliphatic carbocycles. The Morgan fingerprint density at radius 2 is 1.80 bits per heavy atom. The smallest absolute Gasteiger partial charge is 0.335 e. The number of rotatable bonds is 7. The highest BCUT2D eigenvalue weighted by atomic mass is 35.5. The second-order valence-corrected chi connectivity index (χ2v) is 6.61. The summed E-state index contributed by atoms with van der Waals surface area (Å²) in [6.07, 6.45) is 3.01. The monoisotopic (exact) mass is 426 g/mol. The van der Waals surface area contributed by atoms with E-state index in [1.54, 1.807) is 36.4 Å². The zero-order valence-electron chi connectivity index (χ0n) is 16.2. The maximum atomic E-state index is 12.9. The highest BCUT2D eigenvalue weighted by Gasteiger charge is 2.36. The Balaban J connectivity index is 1.96. The van der Waals surface area contributed by atoms with Gasteiger partial charge in [-0.25, -0.2) is 9.69 Å². The molecule has 154 valence electrons. The number of nitrogens with zero attached hydrogens (tertiary/aromatic N) is 1. The molecule has 0 aromatic heterocycles. The SMILES string of the molecule is C=CCOc1ccc(C=C2C(=O)NC(=O)N(c3ccc(Cl)cc3)C2=O)cc1OCC. The second kappa shape index (κ2) is 9.28. The third kappa shape index (κ3) is 4.52. The first kappa shape index (κ1) is 21.1. The van der Waals surface area contributed by atoms with Crippen molar-refractivity contribution in [2.75, 3.05) is 18.1 Å². The first-order valence-corrected chi connectivity index (χ1v) is 9.50. The molecule has 8 heteroatoms. The average molecular weight is 427 g/mol. The van der Waals surface area contributed by atoms with Crippen molar-refractivity contribution < 1.29 is 23.9 Å². The molecule has 1 N–H and O–H groups in total. The van der Waals surface area contributed by atoms with E-state index >= 15 is 0 Å². The lowest BCUT2D eigenvalue weighted by molar-refractivity contribution is -0.122. The van der Waals surface area contributed by atoms with Crippen LogP contribution in [0.3, 0.4) is 0 Å². The number of hydrogen-bond acceptors (Lipinski definition) is 5. The number of ether oxygens (including phenoxy) is 2. The minimum Gasteiger partial charge on any atom is -0.490 e. The van der Waals surface area contributed by atoms with Gasteiger partial charge < -0.3 is 9.47 Å². The molecule has 3 rings (SSSR count). The van der Waals surface area contributed by atoms with Crippen molar-refractivity contribution in [3.8, 4) is 11.5 Å². The number of imide groups is 2. The van der Waals surface area contributed by atoms with E-state index in [0.717, 1.165) is 4.90 Å². The molecule has 1 heterocycles. The van der Waals surface area contributed by atoms with Crippen LogP contribution in [0.4, 0.5) is 10.5 Å². The fourth-order valence-corrected chi connectivity index (χ4v) is 2.93. The predicted octanol–water partition coefficient (Wildman–Crippen LogP) is 3.97. The van der Waals surface area contributed by atoms with Crippen molar-refractivity contribution in [3.05, 3.63) is 71.3 Å². The molecule has 0 bridgehead atoms. The molecule has 0 spiro atoms. The van der Waals surface area contributed by atoms with E-state index in [2.05, 4.69) is 11.9 Å². The van der Waals surface area contributed by atoms with Crippen molar-refractivity contribution in [1.82, 2.24) is 5.32 Å². The van der Waals surface area contributed by atoms with Crippen molar-refractivity contribution in [2.45, 2.75) is 6.92 Å². The molecule has 7 nitrogen and oxygen atoms in total. The fourth-order valence-electron chi connectivity index (χ4n) is 2.80. The summed E-state index contributed by atoms with van der Waals surface area (Å²) >= 11 is 5.87. The van der Waals surface area contributed by atoms with Crippen LogP contribution in [0.1, 0.15) is 12.5 Å². The van der Waals surface area contributed by atoms with Gasteiger partial charge in [0.25, 0.3) is 11.8 Å². The largest absolute Gasteiger partial charge is 0.490 e. The van der Waals surface area contributed by atoms with Crippen LogP contribution in [0.25, 0.3) is 6.08 Å². The number of barbiturate groups is 1. The van der Waals surface area contributed by atoms with Crippen LogP contribution >= 0.6 is 11.6 Å². The standard InChI is InChI=1S/C22H19ClN2O5/c1-3-11-30-18-10-5-14(13-19(18)29-4-2)12-17-20(26)24-22(28)25(21(17)27)16-8-6-15(23)7-9-16/h3,5-10,12-13H,1,4,11H2,2H3,(H,24,26,28). The number of halogens is 1. The number of anilines is 1. The van der Waals surface area contributed by atoms with Crippen molar-refractivity contribution in [3.63, 3.8) is 0 Å². The van der Waals surface area contributed by atoms with Gasteiger partial charge in [-0.3, -0.25) is 14.9 Å². The molecule has 2 aromatic rings. The fraction of sp³-hybridized carbons (Fsp3) is 0.136. The van der Waals surface area contributed by atoms with Gasteiger partial charge in [0, 0.05) is 5.02 Å². The van der Waals surface area contributed by atoms with Crippen LogP contribution in [0, 0.1) is 0 Å². The quantitative estimate of drug-likeness (QED) is 0.411. The van der Waals surface area contributed by atoms with Crippen molar-refractivity contribution in [2.24, 2.45) is 0 Å². The van der Waals surface area contributed by atoms with E-state index in [-0.39, 0.29) is 5.57 Å². The van der Waals surface area contributed by atoms with E-state index in [1.807, 2.05) is 6.92 Å². The molecule has 1 aliphatic rings. The molecule has 2 aromatic carbocycles. The normalized spacial score (nSPS) is 15.2. The first-order chi connectivity index (χ1) is 14.4. The minimum absolute atomic E-state index is 0.188. The van der Waals surface area contributed by atoms with Crippen LogP contribution in [0.15, 0.2) is 60.7 Å². The van der Waals surface area contributed by atoms with Gasteiger partial charge in [-0.05, 0) is 55.0 Å². The van der Waals surface area contributed by atoms with Crippen LogP contribution in [0.5, 0.6) is 11.5 Å². The molecule has 30 heavy (non-hydrogen) atoms. The zero-order valence-corrected chi connectivity index (χ0v) is 16.9. The van der Waals surface area contributed by atoms with Gasteiger partial charge in [-0.15, -0.1) is 0 Å². The maximum Gasteiger partial charge on any atom is 0.335 e. The molecular weight excluding hydrogens is 408 g/mol. The van der Waals surface area contributed by atoms with E-state index in [0.29, 0.717) is 41.0 Å². The van der Waals surface area contributed by atoms with Gasteiger partial charge >= 0.3 is 6.03 Å². The van der Waals surface area contributed by atoms with Gasteiger partial charge in [0.05, 0.1) is 12.3 Å². The third-order valence-electron chi connectivity index (χ3n) is 4.12. The Bertz CT molecular complexity index is 1030. The van der Waals surface area contributed by atoms with E-state index in [9.17, 15) is 14.4 Å². The van der Waals surface area contributed by atoms with Crippen LogP contribution in [-0.4, -0.2) is 31.1 Å². The molecule has 1 saturated heterocycles. The Morgan fingerprint density at radius 3 is 2.47 bits per heavy atom. The van der Waals surface area contributed by atoms with Gasteiger partial charge in [0.1, 0.15) is 12.2 Å². The highest BCUT2D eigenvalue weighted by molar-refractivity contribution is 6.39. The highest BCUT2D eigenvalue weighted by Crippen LogP contribution is 2.30. The van der Waals surface area contributed by atoms with Gasteiger partial charge in [0.2, 0.25) is 0 Å². The van der Waals surface area contributed by atoms with Crippen LogP contribution in [-0.2, 0) is 9.59 Å². The molecule has 0 saturated carbocycles. The van der Waals surface area contributed by atoms with E-state index in [1.165, 1.54) is 18.2 Å². The summed E-state index contributed by atoms with van der Waals surface area (Å²) in [6.45, 7) is 6.15. The lowest BCUT2D eigenvalue weighted by Gasteiger charge is -2.26. The molecule has 0 radical (unpaired) electrons. The number of nitrogens with one attached hydrogen (secondary N) is 1. The molecule has 1 fully saturated rings. The molecule has 4 amide bonds. The molecule has 1 aliphatic heterocycles. The van der Waals surface area contributed by atoms with Crippen LogP contribution < -0.4 is 19.7 Å². The van der Waals surface area contributed by atoms with Crippen molar-refractivity contribution in [1.29, 1.82) is 0 Å². The van der Waals surface area contributed by atoms with E-state index in [4.69, 9.17) is 21.1 Å². The van der Waals surface area contributed by atoms with Gasteiger partial charge in [-0.2, -0.15) is 0 Å². The topological polar surface area (TPSA) is 84.9 Å². The Kier molecular flexibility index (Phi) is 6.54. The maximum absolute atomic E-state index is 12.9. The predicted molar refractivity (Wildman–Crippen MR) is 114 cm³/mol. The summed E-state index contributed by atoms with van der Waals surface area (Å²) in [5.74, 6) is -0.546. The Labute approximate surface area is 178 Å². The number of hydrogen-bond donors (Lipinski definition) is 1. The van der Waals surface area contributed by atoms with Crippen molar-refractivity contribution >= 4 is 41.2 Å². The summed E-state index contributed by atoms with van der Waals surface area (Å²) < 4.78 is 11.1. The number of carbonyl (C=O) groups is 3. The number of carbonyl (C=O) groups excluding carboxylic acids is 3. The summed E-state index contributed by atoms with van der Waals surface area (Å²) in [7, 11) is 0. The second-order valence-electron chi connectivity index (χ2n) is 6.17. The zero-order chi connectivity index (χ0) is 21.7. The summed E-state index contributed by atoms with van der Waals surface area (Å²) in [5.41, 5.74) is 0.642. The average Bonchev–Trinajstić information content (AvgIpc) is 2.72. The number of benzene rings is 2. The minimum atomic E-state index is -0.826. The first-order valence-electron chi connectivity index (χ1n) is 9.12. The van der Waals surface area contributed by atoms with Gasteiger partial charge in [-0.1, -0.05) is 30.3 Å². The summed E-state index contributed by atoms with van der Waals surface area (Å²) in [6, 6.07) is 10.3. The summed E-state index contributed by atoms with van der Waals surface area (Å²) in [4.78, 5) is 38.4. The van der Waals surface area contributed by atoms with E-state index < -0.39 is 17.8 Å².